The van der Waals surface area contributed by atoms with Crippen LogP contribution in [0.3, 0.4) is 0 Å². The monoisotopic (exact) mass is 175 g/mol. The fourth-order valence-electron chi connectivity index (χ4n) is 0.488. The minimum absolute atomic E-state index is 0.0316. The van der Waals surface area contributed by atoms with Crippen molar-refractivity contribution in [2.24, 2.45) is 0 Å². The van der Waals surface area contributed by atoms with Gasteiger partial charge in [-0.1, -0.05) is 31.1 Å². The molecule has 0 bridgehead atoms. The lowest BCUT2D eigenvalue weighted by atomic mass is 9.98. The summed E-state index contributed by atoms with van der Waals surface area (Å²) in [5.74, 6) is 0. The van der Waals surface area contributed by atoms with Crippen LogP contribution in [0, 0.1) is 0 Å². The van der Waals surface area contributed by atoms with Gasteiger partial charge in [0.2, 0.25) is 0 Å². The van der Waals surface area contributed by atoms with Crippen LogP contribution in [0.4, 0.5) is 0 Å². The second-order valence-corrected chi connectivity index (χ2v) is 5.17. The smallest absolute Gasteiger partial charge is 0.254 e. The molecule has 10 heavy (non-hydrogen) atoms. The van der Waals surface area contributed by atoms with E-state index in [1.54, 1.807) is 0 Å². The lowest BCUT2D eigenvalue weighted by Crippen LogP contribution is -2.12. The SMILES string of the molecule is CC(C)(C)c1nc(=O)ss1. The van der Waals surface area contributed by atoms with Gasteiger partial charge < -0.3 is 0 Å². The summed E-state index contributed by atoms with van der Waals surface area (Å²) in [7, 11) is 2.68. The Morgan fingerprint density at radius 3 is 2.10 bits per heavy atom. The van der Waals surface area contributed by atoms with Gasteiger partial charge in [-0.15, -0.1) is 0 Å². The van der Waals surface area contributed by atoms with E-state index >= 15 is 0 Å². The summed E-state index contributed by atoms with van der Waals surface area (Å²) in [6.07, 6.45) is 0. The van der Waals surface area contributed by atoms with Crippen LogP contribution in [0.2, 0.25) is 0 Å². The summed E-state index contributed by atoms with van der Waals surface area (Å²) in [5, 5.41) is 0.933. The first-order valence-electron chi connectivity index (χ1n) is 2.98. The summed E-state index contributed by atoms with van der Waals surface area (Å²) in [6.45, 7) is 6.16. The fraction of sp³-hybridized carbons (Fsp3) is 0.667. The predicted octanol–water partition coefficient (Wildman–Crippen LogP) is 1.86. The van der Waals surface area contributed by atoms with Crippen molar-refractivity contribution in [1.82, 2.24) is 4.98 Å². The lowest BCUT2D eigenvalue weighted by Gasteiger charge is -2.12. The van der Waals surface area contributed by atoms with Crippen LogP contribution in [0.15, 0.2) is 4.79 Å². The molecule has 56 valence electrons. The Morgan fingerprint density at radius 1 is 1.30 bits per heavy atom. The van der Waals surface area contributed by atoms with E-state index in [1.165, 1.54) is 20.7 Å². The molecule has 0 aliphatic rings. The molecule has 1 rings (SSSR count). The molecule has 1 heterocycles. The Morgan fingerprint density at radius 2 is 1.90 bits per heavy atom. The van der Waals surface area contributed by atoms with E-state index in [0.29, 0.717) is 0 Å². The van der Waals surface area contributed by atoms with E-state index in [1.807, 2.05) is 0 Å². The summed E-state index contributed by atoms with van der Waals surface area (Å²) < 4.78 is 0. The third-order valence-electron chi connectivity index (χ3n) is 1.03. The Balaban J connectivity index is 3.07. The van der Waals surface area contributed by atoms with Crippen molar-refractivity contribution in [3.8, 4) is 0 Å². The second-order valence-electron chi connectivity index (χ2n) is 3.10. The Hall–Kier alpha value is -0.220. The maximum absolute atomic E-state index is 10.7. The van der Waals surface area contributed by atoms with Crippen LogP contribution in [-0.2, 0) is 5.41 Å². The van der Waals surface area contributed by atoms with Crippen molar-refractivity contribution in [3.63, 3.8) is 0 Å². The van der Waals surface area contributed by atoms with E-state index in [4.69, 9.17) is 0 Å². The van der Waals surface area contributed by atoms with Gasteiger partial charge >= 0.3 is 4.87 Å². The molecule has 1 aromatic heterocycles. The predicted molar refractivity (Wildman–Crippen MR) is 45.0 cm³/mol. The fourth-order valence-corrected chi connectivity index (χ4v) is 2.62. The first kappa shape index (κ1) is 7.88. The minimum Gasteiger partial charge on any atom is -0.254 e. The van der Waals surface area contributed by atoms with Crippen LogP contribution >= 0.6 is 20.7 Å². The summed E-state index contributed by atoms with van der Waals surface area (Å²) >= 11 is 0. The summed E-state index contributed by atoms with van der Waals surface area (Å²) in [4.78, 5) is 14.4. The number of hydrogen-bond acceptors (Lipinski definition) is 4. The van der Waals surface area contributed by atoms with Gasteiger partial charge in [0.05, 0.1) is 0 Å². The molecule has 0 aliphatic carbocycles. The van der Waals surface area contributed by atoms with Crippen LogP contribution in [0.1, 0.15) is 25.8 Å². The minimum atomic E-state index is -0.0741. The number of hydrogen-bond donors (Lipinski definition) is 0. The van der Waals surface area contributed by atoms with E-state index in [2.05, 4.69) is 25.8 Å². The first-order valence-corrected chi connectivity index (χ1v) is 5.13. The van der Waals surface area contributed by atoms with Gasteiger partial charge in [0.25, 0.3) is 0 Å². The molecule has 2 nitrogen and oxygen atoms in total. The molecule has 0 saturated carbocycles. The summed E-state index contributed by atoms with van der Waals surface area (Å²) in [5.41, 5.74) is 0.0316. The molecular weight excluding hydrogens is 166 g/mol. The zero-order chi connectivity index (χ0) is 7.78. The maximum atomic E-state index is 10.7. The molecule has 0 unspecified atom stereocenters. The maximum Gasteiger partial charge on any atom is 0.337 e. The van der Waals surface area contributed by atoms with Gasteiger partial charge in [-0.05, 0) is 10.3 Å². The molecule has 0 N–H and O–H groups in total. The largest absolute Gasteiger partial charge is 0.337 e. The molecule has 0 aromatic carbocycles. The molecule has 1 aromatic rings. The number of aromatic nitrogens is 1. The molecule has 4 heteroatoms. The van der Waals surface area contributed by atoms with Crippen molar-refractivity contribution in [2.75, 3.05) is 0 Å². The number of rotatable bonds is 0. The highest BCUT2D eigenvalue weighted by atomic mass is 32.9. The van der Waals surface area contributed by atoms with Gasteiger partial charge in [-0.2, -0.15) is 4.98 Å². The molecule has 0 atom stereocenters. The second kappa shape index (κ2) is 2.43. The lowest BCUT2D eigenvalue weighted by molar-refractivity contribution is 0.584. The van der Waals surface area contributed by atoms with Gasteiger partial charge in [-0.3, -0.25) is 4.79 Å². The van der Waals surface area contributed by atoms with Crippen LogP contribution in [0.25, 0.3) is 0 Å². The molecule has 0 radical (unpaired) electrons. The molecule has 0 amide bonds. The average Bonchev–Trinajstić information content (AvgIpc) is 2.11. The molecular formula is C6H9NOS2. The van der Waals surface area contributed by atoms with Crippen LogP contribution in [-0.4, -0.2) is 4.98 Å². The molecule has 0 aliphatic heterocycles. The summed E-state index contributed by atoms with van der Waals surface area (Å²) in [6, 6.07) is 0. The molecule has 0 saturated heterocycles. The zero-order valence-corrected chi connectivity index (χ0v) is 7.80. The highest BCUT2D eigenvalue weighted by molar-refractivity contribution is 7.68. The highest BCUT2D eigenvalue weighted by Crippen LogP contribution is 2.24. The van der Waals surface area contributed by atoms with Crippen molar-refractivity contribution in [3.05, 3.63) is 14.7 Å². The molecule has 0 fully saturated rings. The Bertz CT molecular complexity index is 268. The van der Waals surface area contributed by atoms with Crippen molar-refractivity contribution < 1.29 is 0 Å². The van der Waals surface area contributed by atoms with E-state index in [0.717, 1.165) is 5.01 Å². The van der Waals surface area contributed by atoms with E-state index < -0.39 is 0 Å². The van der Waals surface area contributed by atoms with E-state index in [-0.39, 0.29) is 10.3 Å². The van der Waals surface area contributed by atoms with Gasteiger partial charge in [0, 0.05) is 5.41 Å². The standard InChI is InChI=1S/C6H9NOS2/c1-6(2,3)4-7-5(8)10-9-4/h1-3H3. The third kappa shape index (κ3) is 1.64. The third-order valence-corrected chi connectivity index (χ3v) is 3.36. The van der Waals surface area contributed by atoms with Gasteiger partial charge in [-0.25, -0.2) is 0 Å². The highest BCUT2D eigenvalue weighted by Gasteiger charge is 2.17. The van der Waals surface area contributed by atoms with Crippen LogP contribution < -0.4 is 4.87 Å². The van der Waals surface area contributed by atoms with Crippen LogP contribution in [0.5, 0.6) is 0 Å². The van der Waals surface area contributed by atoms with Crippen molar-refractivity contribution >= 4 is 20.7 Å². The topological polar surface area (TPSA) is 30.0 Å². The Kier molecular flexibility index (Phi) is 1.92. The average molecular weight is 175 g/mol. The number of nitrogens with zero attached hydrogens (tertiary/aromatic N) is 1. The van der Waals surface area contributed by atoms with Gasteiger partial charge in [0.1, 0.15) is 5.01 Å². The molecule has 0 spiro atoms. The normalized spacial score (nSPS) is 11.9. The van der Waals surface area contributed by atoms with Crippen molar-refractivity contribution in [2.45, 2.75) is 26.2 Å². The Labute approximate surface area is 66.9 Å². The quantitative estimate of drug-likeness (QED) is 0.563. The van der Waals surface area contributed by atoms with Gasteiger partial charge in [0.15, 0.2) is 0 Å². The zero-order valence-electron chi connectivity index (χ0n) is 6.17. The first-order chi connectivity index (χ1) is 4.50. The van der Waals surface area contributed by atoms with E-state index in [9.17, 15) is 4.79 Å². The van der Waals surface area contributed by atoms with Crippen molar-refractivity contribution in [1.29, 1.82) is 0 Å².